The van der Waals surface area contributed by atoms with E-state index in [4.69, 9.17) is 28.4 Å². The highest BCUT2D eigenvalue weighted by Gasteiger charge is 2.36. The molecule has 5 aromatic rings. The fourth-order valence-electron chi connectivity index (χ4n) is 9.40. The number of fused-ring (bicyclic) bond motifs is 3. The normalized spacial score (nSPS) is 18.3. The highest BCUT2D eigenvalue weighted by molar-refractivity contribution is 6.21. The predicted molar refractivity (Wildman–Crippen MR) is 232 cm³/mol. The lowest BCUT2D eigenvalue weighted by Crippen LogP contribution is -2.34. The Morgan fingerprint density at radius 3 is 2.02 bits per heavy atom. The van der Waals surface area contributed by atoms with Crippen molar-refractivity contribution in [2.45, 2.75) is 57.0 Å². The van der Waals surface area contributed by atoms with Crippen LogP contribution in [0.5, 0.6) is 46.0 Å². The van der Waals surface area contributed by atoms with Gasteiger partial charge in [-0.1, -0.05) is 30.3 Å². The van der Waals surface area contributed by atoms with Crippen LogP contribution in [0.15, 0.2) is 84.9 Å². The highest BCUT2D eigenvalue weighted by Crippen LogP contribution is 2.52. The molecule has 0 saturated carbocycles. The number of hydrogen-bond acceptors (Lipinski definition) is 10. The number of nitrogens with zero attached hydrogens (tertiary/aromatic N) is 3. The van der Waals surface area contributed by atoms with Gasteiger partial charge >= 0.3 is 0 Å². The van der Waals surface area contributed by atoms with Crippen LogP contribution < -0.4 is 28.4 Å². The smallest absolute Gasteiger partial charge is 0.261 e. The monoisotopic (exact) mass is 823 g/mol. The van der Waals surface area contributed by atoms with Crippen LogP contribution in [-0.2, 0) is 25.7 Å². The lowest BCUT2D eigenvalue weighted by Gasteiger charge is -2.37. The largest absolute Gasteiger partial charge is 0.493 e. The van der Waals surface area contributed by atoms with Crippen LogP contribution in [0.25, 0.3) is 0 Å². The van der Waals surface area contributed by atoms with Gasteiger partial charge in [-0.05, 0) is 141 Å². The van der Waals surface area contributed by atoms with Crippen molar-refractivity contribution >= 4 is 11.8 Å². The fraction of sp³-hybridized carbons (Fsp3) is 0.360. The number of rotatable bonds is 10. The van der Waals surface area contributed by atoms with Crippen LogP contribution in [0.2, 0.25) is 0 Å². The quantitative estimate of drug-likeness (QED) is 0.100. The summed E-state index contributed by atoms with van der Waals surface area (Å²) in [4.78, 5) is 31.8. The van der Waals surface area contributed by atoms with E-state index in [0.717, 1.165) is 67.6 Å². The zero-order chi connectivity index (χ0) is 42.2. The van der Waals surface area contributed by atoms with Gasteiger partial charge in [0.25, 0.3) is 11.8 Å². The van der Waals surface area contributed by atoms with Crippen LogP contribution in [0.3, 0.4) is 0 Å². The SMILES string of the molecule is COc1cc2c3cc1Oc1c(OC)c(OC)cc4c1[C@@H](Cc1ccc(OCCCCCN5C(=O)c6ccccc6C5=O)c(c1)Oc1ccc(cc1)C[C@@H]3N(C)CC2)N(C)CC4. The Morgan fingerprint density at radius 2 is 1.30 bits per heavy atom. The third kappa shape index (κ3) is 7.77. The van der Waals surface area contributed by atoms with E-state index in [1.165, 1.54) is 21.6 Å². The Morgan fingerprint density at radius 1 is 0.639 bits per heavy atom. The Balaban J connectivity index is 1.03. The second-order valence-corrected chi connectivity index (χ2v) is 16.5. The molecule has 11 nitrogen and oxygen atoms in total. The summed E-state index contributed by atoms with van der Waals surface area (Å²) in [7, 11) is 9.37. The summed E-state index contributed by atoms with van der Waals surface area (Å²) in [6, 6.07) is 28.0. The van der Waals surface area contributed by atoms with Crippen molar-refractivity contribution in [2.75, 3.05) is 61.7 Å². The van der Waals surface area contributed by atoms with Gasteiger partial charge in [-0.25, -0.2) is 0 Å². The fourth-order valence-corrected chi connectivity index (χ4v) is 9.40. The van der Waals surface area contributed by atoms with E-state index in [9.17, 15) is 9.59 Å². The van der Waals surface area contributed by atoms with Crippen LogP contribution in [-0.4, -0.2) is 88.2 Å². The zero-order valence-electron chi connectivity index (χ0n) is 35.6. The third-order valence-corrected chi connectivity index (χ3v) is 12.8. The van der Waals surface area contributed by atoms with Gasteiger partial charge in [0.05, 0.1) is 39.1 Å². The predicted octanol–water partition coefficient (Wildman–Crippen LogP) is 9.00. The van der Waals surface area contributed by atoms with Crippen LogP contribution >= 0.6 is 0 Å². The molecule has 0 radical (unpaired) electrons. The zero-order valence-corrected chi connectivity index (χ0v) is 35.6. The molecule has 316 valence electrons. The summed E-state index contributed by atoms with van der Waals surface area (Å²) in [5.41, 5.74) is 7.91. The van der Waals surface area contributed by atoms with Gasteiger partial charge in [-0.2, -0.15) is 0 Å². The molecule has 5 aliphatic heterocycles. The van der Waals surface area contributed by atoms with Crippen molar-refractivity contribution in [1.29, 1.82) is 0 Å². The third-order valence-electron chi connectivity index (χ3n) is 12.8. The van der Waals surface area contributed by atoms with E-state index in [2.05, 4.69) is 66.4 Å². The van der Waals surface area contributed by atoms with E-state index in [-0.39, 0.29) is 23.9 Å². The molecule has 11 heteroatoms. The molecular formula is C50H53N3O8. The summed E-state index contributed by atoms with van der Waals surface area (Å²) in [6.45, 7) is 2.62. The van der Waals surface area contributed by atoms with E-state index in [1.807, 2.05) is 18.2 Å². The first kappa shape index (κ1) is 40.4. The van der Waals surface area contributed by atoms with Crippen LogP contribution in [0, 0.1) is 0 Å². The molecule has 0 saturated heterocycles. The number of amides is 2. The summed E-state index contributed by atoms with van der Waals surface area (Å²) >= 11 is 0. The number of benzene rings is 5. The lowest BCUT2D eigenvalue weighted by atomic mass is 9.87. The van der Waals surface area contributed by atoms with Crippen LogP contribution in [0.1, 0.15) is 85.4 Å². The first-order valence-electron chi connectivity index (χ1n) is 21.3. The van der Waals surface area contributed by atoms with Crippen molar-refractivity contribution in [3.63, 3.8) is 0 Å². The molecule has 2 amide bonds. The number of unbranched alkanes of at least 4 members (excludes halogenated alkanes) is 2. The maximum absolute atomic E-state index is 12.8. The Kier molecular flexibility index (Phi) is 11.3. The molecular weight excluding hydrogens is 771 g/mol. The average Bonchev–Trinajstić information content (AvgIpc) is 3.52. The number of carbonyl (C=O) groups is 2. The summed E-state index contributed by atoms with van der Waals surface area (Å²) in [6.07, 6.45) is 5.44. The lowest BCUT2D eigenvalue weighted by molar-refractivity contribution is 0.0651. The second-order valence-electron chi connectivity index (χ2n) is 16.5. The molecule has 10 rings (SSSR count). The van der Waals surface area contributed by atoms with Crippen molar-refractivity contribution < 1.29 is 38.0 Å². The Hall–Kier alpha value is -6.04. The molecule has 0 spiro atoms. The van der Waals surface area contributed by atoms with Crippen molar-refractivity contribution in [3.05, 3.63) is 129 Å². The highest BCUT2D eigenvalue weighted by atomic mass is 16.5. The van der Waals surface area contributed by atoms with Crippen molar-refractivity contribution in [3.8, 4) is 46.0 Å². The van der Waals surface area contributed by atoms with E-state index in [1.54, 1.807) is 45.6 Å². The second kappa shape index (κ2) is 17.1. The first-order chi connectivity index (χ1) is 29.7. The number of imide groups is 1. The van der Waals surface area contributed by atoms with Crippen molar-refractivity contribution in [1.82, 2.24) is 14.7 Å². The minimum Gasteiger partial charge on any atom is -0.493 e. The van der Waals surface area contributed by atoms with Crippen LogP contribution in [0.4, 0.5) is 0 Å². The molecule has 0 N–H and O–H groups in total. The molecule has 0 fully saturated rings. The molecule has 2 atom stereocenters. The van der Waals surface area contributed by atoms with Crippen molar-refractivity contribution in [2.24, 2.45) is 0 Å². The minimum atomic E-state index is -0.217. The maximum Gasteiger partial charge on any atom is 0.261 e. The average molecular weight is 824 g/mol. The van der Waals surface area contributed by atoms with E-state index in [0.29, 0.717) is 77.4 Å². The molecule has 5 aliphatic rings. The summed E-state index contributed by atoms with van der Waals surface area (Å²) in [5, 5.41) is 0. The van der Waals surface area contributed by atoms with Gasteiger partial charge in [0.15, 0.2) is 34.5 Å². The Labute approximate surface area is 357 Å². The topological polar surface area (TPSA) is 99.2 Å². The maximum atomic E-state index is 12.8. The van der Waals surface area contributed by atoms with Gasteiger partial charge in [0.2, 0.25) is 5.75 Å². The van der Waals surface area contributed by atoms with Gasteiger partial charge < -0.3 is 28.4 Å². The van der Waals surface area contributed by atoms with E-state index < -0.39 is 0 Å². The number of carbonyl (C=O) groups excluding carboxylic acids is 2. The molecule has 0 unspecified atom stereocenters. The standard InChI is InChI=1S/C50H53N3O8/c1-51-22-19-33-28-42(56-3)44-30-38(33)39(51)25-31-13-16-35(17-14-31)60-43-27-32(26-40-46-34(20-23-52(40)2)29-45(57-4)47(58-5)48(46)61-44)15-18-41(43)59-24-10-6-9-21-53-49(54)36-11-7-8-12-37(36)50(53)55/h7-8,11-18,27-30,39-40H,6,9-10,19-26H2,1-5H3/t39-,40+/m0/s1. The molecule has 5 aromatic carbocycles. The number of ether oxygens (including phenoxy) is 6. The Bertz CT molecular complexity index is 2430. The summed E-state index contributed by atoms with van der Waals surface area (Å²) in [5.74, 6) is 4.69. The first-order valence-corrected chi connectivity index (χ1v) is 21.3. The van der Waals surface area contributed by atoms with Gasteiger partial charge in [-0.3, -0.25) is 24.3 Å². The minimum absolute atomic E-state index is 0.0685. The van der Waals surface area contributed by atoms with Gasteiger partial charge in [0, 0.05) is 37.3 Å². The number of methoxy groups -OCH3 is 3. The van der Waals surface area contributed by atoms with E-state index >= 15 is 0 Å². The molecule has 0 aromatic heterocycles. The number of hydrogen-bond donors (Lipinski definition) is 0. The molecule has 5 heterocycles. The van der Waals surface area contributed by atoms with Gasteiger partial charge in [-0.15, -0.1) is 0 Å². The van der Waals surface area contributed by atoms with Gasteiger partial charge in [0.1, 0.15) is 5.75 Å². The molecule has 61 heavy (non-hydrogen) atoms. The molecule has 0 aliphatic carbocycles. The summed E-state index contributed by atoms with van der Waals surface area (Å²) < 4.78 is 38.3. The number of likely N-dealkylation sites (N-methyl/N-ethyl adjacent to an activating group) is 2. The molecule has 6 bridgehead atoms.